The van der Waals surface area contributed by atoms with E-state index >= 15 is 0 Å². The molecule has 0 bridgehead atoms. The summed E-state index contributed by atoms with van der Waals surface area (Å²) in [6.45, 7) is 8.05. The summed E-state index contributed by atoms with van der Waals surface area (Å²) in [5.74, 6) is -0.00355. The van der Waals surface area contributed by atoms with Crippen LogP contribution in [0.3, 0.4) is 0 Å². The maximum atomic E-state index is 13.6. The van der Waals surface area contributed by atoms with Gasteiger partial charge in [-0.2, -0.15) is 0 Å². The van der Waals surface area contributed by atoms with Crippen LogP contribution in [0.1, 0.15) is 70.2 Å². The molecule has 5 amide bonds. The summed E-state index contributed by atoms with van der Waals surface area (Å²) in [5, 5.41) is 18.6. The molecule has 1 heterocycles. The van der Waals surface area contributed by atoms with Crippen molar-refractivity contribution in [3.63, 3.8) is 0 Å². The molecule has 0 unspecified atom stereocenters. The lowest BCUT2D eigenvalue weighted by atomic mass is 9.96. The van der Waals surface area contributed by atoms with Gasteiger partial charge in [0.05, 0.1) is 24.8 Å². The molecule has 0 spiro atoms. The summed E-state index contributed by atoms with van der Waals surface area (Å²) in [7, 11) is 1.71. The van der Waals surface area contributed by atoms with Gasteiger partial charge in [-0.1, -0.05) is 26.2 Å². The summed E-state index contributed by atoms with van der Waals surface area (Å²) in [6.07, 6.45) is 4.98. The van der Waals surface area contributed by atoms with Crippen LogP contribution in [-0.2, 0) is 0 Å². The third-order valence-corrected chi connectivity index (χ3v) is 7.08. The second-order valence-electron chi connectivity index (χ2n) is 10.8. The highest BCUT2D eigenvalue weighted by molar-refractivity contribution is 5.99. The summed E-state index contributed by atoms with van der Waals surface area (Å²) in [6, 6.07) is 4.29. The normalized spacial score (nSPS) is 21.3. The van der Waals surface area contributed by atoms with Gasteiger partial charge in [0.1, 0.15) is 11.9 Å². The number of rotatable bonds is 7. The molecule has 10 heteroatoms. The highest BCUT2D eigenvalue weighted by atomic mass is 16.5. The second-order valence-corrected chi connectivity index (χ2v) is 10.8. The molecular formula is C27H43N5O5. The van der Waals surface area contributed by atoms with Crippen molar-refractivity contribution in [2.45, 2.75) is 84.0 Å². The van der Waals surface area contributed by atoms with E-state index in [0.717, 1.165) is 25.7 Å². The zero-order valence-corrected chi connectivity index (χ0v) is 22.8. The van der Waals surface area contributed by atoms with Gasteiger partial charge in [-0.3, -0.25) is 4.79 Å². The number of hydrogen-bond acceptors (Lipinski definition) is 5. The quantitative estimate of drug-likeness (QED) is 0.441. The molecule has 10 nitrogen and oxygen atoms in total. The zero-order chi connectivity index (χ0) is 27.1. The Morgan fingerprint density at radius 2 is 1.89 bits per heavy atom. The van der Waals surface area contributed by atoms with Gasteiger partial charge in [-0.25, -0.2) is 9.59 Å². The van der Waals surface area contributed by atoms with Crippen molar-refractivity contribution >= 4 is 23.7 Å². The number of benzene rings is 1. The molecule has 1 aliphatic heterocycles. The van der Waals surface area contributed by atoms with Crippen molar-refractivity contribution in [2.24, 2.45) is 5.92 Å². The molecule has 206 valence electrons. The molecule has 4 N–H and O–H groups in total. The van der Waals surface area contributed by atoms with Crippen molar-refractivity contribution < 1.29 is 24.2 Å². The Morgan fingerprint density at radius 3 is 2.54 bits per heavy atom. The van der Waals surface area contributed by atoms with Crippen LogP contribution in [0.15, 0.2) is 18.2 Å². The van der Waals surface area contributed by atoms with Gasteiger partial charge >= 0.3 is 12.1 Å². The minimum atomic E-state index is -0.408. The van der Waals surface area contributed by atoms with Gasteiger partial charge in [0, 0.05) is 37.3 Å². The summed E-state index contributed by atoms with van der Waals surface area (Å²) in [4.78, 5) is 41.9. The van der Waals surface area contributed by atoms with Crippen LogP contribution in [0.2, 0.25) is 0 Å². The fourth-order valence-corrected chi connectivity index (χ4v) is 4.83. The van der Waals surface area contributed by atoms with E-state index in [9.17, 15) is 19.5 Å². The number of likely N-dealkylation sites (N-methyl/N-ethyl adjacent to an activating group) is 1. The lowest BCUT2D eigenvalue weighted by molar-refractivity contribution is 0.0366. The first-order valence-electron chi connectivity index (χ1n) is 13.4. The highest BCUT2D eigenvalue weighted by Gasteiger charge is 2.34. The maximum absolute atomic E-state index is 13.6. The fraction of sp³-hybridized carbons (Fsp3) is 0.667. The number of carbonyl (C=O) groups is 3. The van der Waals surface area contributed by atoms with Crippen LogP contribution >= 0.6 is 0 Å². The number of fused-ring (bicyclic) bond motifs is 1. The van der Waals surface area contributed by atoms with Crippen LogP contribution in [0.25, 0.3) is 0 Å². The van der Waals surface area contributed by atoms with E-state index in [2.05, 4.69) is 16.0 Å². The molecule has 1 fully saturated rings. The first kappa shape index (κ1) is 28.6. The average molecular weight is 518 g/mol. The lowest BCUT2D eigenvalue weighted by Gasteiger charge is -2.38. The number of aliphatic hydroxyl groups excluding tert-OH is 1. The first-order valence-corrected chi connectivity index (χ1v) is 13.4. The Morgan fingerprint density at radius 1 is 1.19 bits per heavy atom. The number of nitrogens with zero attached hydrogens (tertiary/aromatic N) is 2. The van der Waals surface area contributed by atoms with Crippen molar-refractivity contribution in [1.29, 1.82) is 0 Å². The number of nitrogens with one attached hydrogen (secondary N) is 3. The molecule has 2 aliphatic rings. The first-order chi connectivity index (χ1) is 17.6. The molecule has 0 saturated heterocycles. The molecule has 1 aromatic carbocycles. The van der Waals surface area contributed by atoms with Gasteiger partial charge in [0.2, 0.25) is 0 Å². The number of anilines is 1. The van der Waals surface area contributed by atoms with E-state index in [-0.39, 0.29) is 42.6 Å². The van der Waals surface area contributed by atoms with Crippen molar-refractivity contribution in [3.8, 4) is 5.75 Å². The monoisotopic (exact) mass is 517 g/mol. The van der Waals surface area contributed by atoms with E-state index in [1.165, 1.54) is 6.42 Å². The van der Waals surface area contributed by atoms with Gasteiger partial charge in [0.15, 0.2) is 0 Å². The average Bonchev–Trinajstić information content (AvgIpc) is 2.86. The summed E-state index contributed by atoms with van der Waals surface area (Å²) in [5.41, 5.74) is 0.793. The molecule has 0 radical (unpaired) electrons. The van der Waals surface area contributed by atoms with E-state index in [4.69, 9.17) is 4.74 Å². The topological polar surface area (TPSA) is 123 Å². The minimum Gasteiger partial charge on any atom is -0.487 e. The Labute approximate surface area is 220 Å². The molecule has 0 aromatic heterocycles. The van der Waals surface area contributed by atoms with E-state index in [0.29, 0.717) is 30.1 Å². The SMILES string of the molecule is CC(C)NC(=O)N(C)C[C@H]1Oc2ccc(NC(=O)NC3CCCCC3)cc2C(=O)N([C@H](C)CO)C[C@@H]1C. The van der Waals surface area contributed by atoms with E-state index < -0.39 is 12.1 Å². The van der Waals surface area contributed by atoms with Gasteiger partial charge in [-0.05, 0) is 51.8 Å². The van der Waals surface area contributed by atoms with Gasteiger partial charge in [-0.15, -0.1) is 0 Å². The number of hydrogen-bond donors (Lipinski definition) is 4. The number of urea groups is 2. The molecule has 1 aromatic rings. The molecule has 1 saturated carbocycles. The molecule has 37 heavy (non-hydrogen) atoms. The molecule has 1 aliphatic carbocycles. The Balaban J connectivity index is 1.83. The van der Waals surface area contributed by atoms with Gasteiger partial charge in [0.25, 0.3) is 5.91 Å². The molecular weight excluding hydrogens is 474 g/mol. The number of carbonyl (C=O) groups excluding carboxylic acids is 3. The maximum Gasteiger partial charge on any atom is 0.319 e. The zero-order valence-electron chi connectivity index (χ0n) is 22.8. The van der Waals surface area contributed by atoms with E-state index in [1.807, 2.05) is 20.8 Å². The van der Waals surface area contributed by atoms with Crippen LogP contribution in [0.4, 0.5) is 15.3 Å². The highest BCUT2D eigenvalue weighted by Crippen LogP contribution is 2.31. The minimum absolute atomic E-state index is 0.00565. The van der Waals surface area contributed by atoms with E-state index in [1.54, 1.807) is 42.0 Å². The lowest BCUT2D eigenvalue weighted by Crippen LogP contribution is -2.51. The predicted octanol–water partition coefficient (Wildman–Crippen LogP) is 3.41. The van der Waals surface area contributed by atoms with Crippen molar-refractivity contribution in [1.82, 2.24) is 20.4 Å². The van der Waals surface area contributed by atoms with Crippen LogP contribution in [0, 0.1) is 5.92 Å². The number of ether oxygens (including phenoxy) is 1. The summed E-state index contributed by atoms with van der Waals surface area (Å²) >= 11 is 0. The Bertz CT molecular complexity index is 949. The predicted molar refractivity (Wildman–Crippen MR) is 143 cm³/mol. The van der Waals surface area contributed by atoms with Crippen LogP contribution in [0.5, 0.6) is 5.75 Å². The molecule has 3 rings (SSSR count). The Hall–Kier alpha value is -3.01. The largest absolute Gasteiger partial charge is 0.487 e. The van der Waals surface area contributed by atoms with Crippen LogP contribution in [-0.4, -0.2) is 83.8 Å². The van der Waals surface area contributed by atoms with Gasteiger partial charge < -0.3 is 35.6 Å². The fourth-order valence-electron chi connectivity index (χ4n) is 4.83. The van der Waals surface area contributed by atoms with Crippen molar-refractivity contribution in [3.05, 3.63) is 23.8 Å². The third kappa shape index (κ3) is 7.74. The number of aliphatic hydroxyl groups is 1. The second kappa shape index (κ2) is 13.0. The number of amides is 5. The smallest absolute Gasteiger partial charge is 0.319 e. The third-order valence-electron chi connectivity index (χ3n) is 7.08. The Kier molecular flexibility index (Phi) is 10.0. The summed E-state index contributed by atoms with van der Waals surface area (Å²) < 4.78 is 6.33. The van der Waals surface area contributed by atoms with Crippen molar-refractivity contribution in [2.75, 3.05) is 32.1 Å². The van der Waals surface area contributed by atoms with Crippen LogP contribution < -0.4 is 20.7 Å². The standard InChI is InChI=1S/C27H43N5O5/c1-17(2)28-27(36)31(5)15-24-18(3)14-32(19(4)16-33)25(34)22-13-21(11-12-23(22)37-24)30-26(35)29-20-9-7-6-8-10-20/h11-13,17-20,24,33H,6-10,14-16H2,1-5H3,(H,28,36)(H2,29,30,35)/t18-,19+,24+/m0/s1. The molecule has 3 atom stereocenters.